The number of carbonyl (C=O) groups is 1. The van der Waals surface area contributed by atoms with Gasteiger partial charge < -0.3 is 9.84 Å². The quantitative estimate of drug-likeness (QED) is 0.922. The average molecular weight is 299 g/mol. The van der Waals surface area contributed by atoms with Gasteiger partial charge in [-0.25, -0.2) is 4.79 Å². The molecule has 0 bridgehead atoms. The molecule has 4 heteroatoms. The molecule has 3 nitrogen and oxygen atoms in total. The lowest BCUT2D eigenvalue weighted by atomic mass is 9.97. The molecule has 0 amide bonds. The van der Waals surface area contributed by atoms with Crippen LogP contribution in [0, 0.1) is 0 Å². The van der Waals surface area contributed by atoms with Gasteiger partial charge in [-0.2, -0.15) is 0 Å². The van der Waals surface area contributed by atoms with Gasteiger partial charge in [0, 0.05) is 4.47 Å². The van der Waals surface area contributed by atoms with E-state index in [4.69, 9.17) is 9.84 Å². The summed E-state index contributed by atoms with van der Waals surface area (Å²) in [5.74, 6) is -0.470. The van der Waals surface area contributed by atoms with Gasteiger partial charge in [-0.05, 0) is 43.9 Å². The highest BCUT2D eigenvalue weighted by atomic mass is 79.9. The maximum absolute atomic E-state index is 11.1. The van der Waals surface area contributed by atoms with Gasteiger partial charge in [-0.1, -0.05) is 22.4 Å². The molecule has 17 heavy (non-hydrogen) atoms. The van der Waals surface area contributed by atoms with Crippen molar-refractivity contribution in [1.29, 1.82) is 0 Å². The van der Waals surface area contributed by atoms with Gasteiger partial charge in [0.15, 0.2) is 0 Å². The van der Waals surface area contributed by atoms with Gasteiger partial charge in [0.05, 0.1) is 6.10 Å². The monoisotopic (exact) mass is 298 g/mol. The van der Waals surface area contributed by atoms with E-state index >= 15 is 0 Å². The molecule has 1 aliphatic carbocycles. The van der Waals surface area contributed by atoms with E-state index < -0.39 is 5.97 Å². The van der Waals surface area contributed by atoms with Crippen LogP contribution in [0.2, 0.25) is 0 Å². The Morgan fingerprint density at radius 2 is 2.00 bits per heavy atom. The number of carboxylic acid groups (broad SMARTS) is 1. The fourth-order valence-electron chi connectivity index (χ4n) is 2.13. The van der Waals surface area contributed by atoms with Crippen LogP contribution in [0.3, 0.4) is 0 Å². The number of carboxylic acids is 1. The van der Waals surface area contributed by atoms with E-state index in [9.17, 15) is 4.79 Å². The predicted octanol–water partition coefficient (Wildman–Crippen LogP) is 3.86. The molecular weight excluding hydrogens is 284 g/mol. The second kappa shape index (κ2) is 5.54. The summed E-state index contributed by atoms with van der Waals surface area (Å²) in [7, 11) is 0. The molecule has 0 spiro atoms. The second-order valence-corrected chi connectivity index (χ2v) is 5.24. The molecule has 1 aromatic rings. The van der Waals surface area contributed by atoms with Gasteiger partial charge in [0.1, 0.15) is 11.3 Å². The highest BCUT2D eigenvalue weighted by Gasteiger charge is 2.18. The maximum Gasteiger partial charge on any atom is 0.339 e. The van der Waals surface area contributed by atoms with Gasteiger partial charge in [0.25, 0.3) is 0 Å². The molecule has 1 saturated carbocycles. The zero-order chi connectivity index (χ0) is 12.3. The number of halogens is 1. The lowest BCUT2D eigenvalue weighted by molar-refractivity contribution is 0.0686. The minimum absolute atomic E-state index is 0.163. The van der Waals surface area contributed by atoms with E-state index in [2.05, 4.69) is 15.9 Å². The molecule has 0 unspecified atom stereocenters. The number of hydrogen-bond acceptors (Lipinski definition) is 2. The van der Waals surface area contributed by atoms with Crippen LogP contribution < -0.4 is 4.74 Å². The first-order valence-corrected chi connectivity index (χ1v) is 6.65. The number of benzene rings is 1. The summed E-state index contributed by atoms with van der Waals surface area (Å²) in [5, 5.41) is 9.09. The first-order valence-electron chi connectivity index (χ1n) is 5.86. The van der Waals surface area contributed by atoms with Crippen molar-refractivity contribution in [3.05, 3.63) is 28.2 Å². The molecule has 1 N–H and O–H groups in total. The van der Waals surface area contributed by atoms with Crippen LogP contribution in [0.4, 0.5) is 0 Å². The second-order valence-electron chi connectivity index (χ2n) is 4.32. The summed E-state index contributed by atoms with van der Waals surface area (Å²) in [6, 6.07) is 5.03. The van der Waals surface area contributed by atoms with Crippen molar-refractivity contribution in [1.82, 2.24) is 0 Å². The fraction of sp³-hybridized carbons (Fsp3) is 0.462. The summed E-state index contributed by atoms with van der Waals surface area (Å²) in [6.45, 7) is 0. The average Bonchev–Trinajstić information content (AvgIpc) is 2.30. The lowest BCUT2D eigenvalue weighted by Crippen LogP contribution is -2.20. The van der Waals surface area contributed by atoms with E-state index in [-0.39, 0.29) is 11.7 Å². The largest absolute Gasteiger partial charge is 0.489 e. The Kier molecular flexibility index (Phi) is 4.05. The van der Waals surface area contributed by atoms with Crippen LogP contribution >= 0.6 is 15.9 Å². The highest BCUT2D eigenvalue weighted by molar-refractivity contribution is 9.10. The van der Waals surface area contributed by atoms with Crippen molar-refractivity contribution in [2.45, 2.75) is 38.2 Å². The molecule has 92 valence electrons. The smallest absolute Gasteiger partial charge is 0.339 e. The first-order chi connectivity index (χ1) is 8.16. The van der Waals surface area contributed by atoms with Crippen LogP contribution in [0.15, 0.2) is 22.7 Å². The third-order valence-electron chi connectivity index (χ3n) is 3.02. The number of aromatic carboxylic acids is 1. The molecule has 2 rings (SSSR count). The molecule has 1 aliphatic rings. The van der Waals surface area contributed by atoms with Gasteiger partial charge >= 0.3 is 5.97 Å². The molecule has 0 aromatic heterocycles. The zero-order valence-electron chi connectivity index (χ0n) is 9.49. The van der Waals surface area contributed by atoms with E-state index in [0.29, 0.717) is 5.75 Å². The van der Waals surface area contributed by atoms with Gasteiger partial charge in [-0.15, -0.1) is 0 Å². The van der Waals surface area contributed by atoms with E-state index in [1.807, 2.05) is 0 Å². The fourth-order valence-corrected chi connectivity index (χ4v) is 2.47. The van der Waals surface area contributed by atoms with E-state index in [0.717, 1.165) is 17.3 Å². The minimum atomic E-state index is -0.941. The standard InChI is InChI=1S/C13H15BrO3/c14-9-6-7-11(13(15)16)12(8-9)17-10-4-2-1-3-5-10/h6-8,10H,1-5H2,(H,15,16). The van der Waals surface area contributed by atoms with Gasteiger partial charge in [0.2, 0.25) is 0 Å². The summed E-state index contributed by atoms with van der Waals surface area (Å²) in [6.07, 6.45) is 5.79. The maximum atomic E-state index is 11.1. The topological polar surface area (TPSA) is 46.5 Å². The van der Waals surface area contributed by atoms with Crippen LogP contribution in [0.1, 0.15) is 42.5 Å². The molecule has 0 heterocycles. The van der Waals surface area contributed by atoms with Crippen molar-refractivity contribution in [2.24, 2.45) is 0 Å². The van der Waals surface area contributed by atoms with Crippen molar-refractivity contribution >= 4 is 21.9 Å². The molecule has 0 saturated heterocycles. The Morgan fingerprint density at radius 1 is 1.29 bits per heavy atom. The van der Waals surface area contributed by atoms with Crippen molar-refractivity contribution < 1.29 is 14.6 Å². The molecule has 1 aromatic carbocycles. The summed E-state index contributed by atoms with van der Waals surface area (Å²) >= 11 is 3.34. The van der Waals surface area contributed by atoms with E-state index in [1.54, 1.807) is 18.2 Å². The Morgan fingerprint density at radius 3 is 2.65 bits per heavy atom. The third-order valence-corrected chi connectivity index (χ3v) is 3.51. The molecular formula is C13H15BrO3. The van der Waals surface area contributed by atoms with Gasteiger partial charge in [-0.3, -0.25) is 0 Å². The zero-order valence-corrected chi connectivity index (χ0v) is 11.1. The van der Waals surface area contributed by atoms with Crippen molar-refractivity contribution in [2.75, 3.05) is 0 Å². The Balaban J connectivity index is 2.17. The Hall–Kier alpha value is -1.03. The molecule has 1 fully saturated rings. The van der Waals surface area contributed by atoms with Crippen LogP contribution in [-0.2, 0) is 0 Å². The van der Waals surface area contributed by atoms with Crippen LogP contribution in [-0.4, -0.2) is 17.2 Å². The summed E-state index contributed by atoms with van der Waals surface area (Å²) < 4.78 is 6.66. The number of rotatable bonds is 3. The molecule has 0 atom stereocenters. The lowest BCUT2D eigenvalue weighted by Gasteiger charge is -2.23. The third kappa shape index (κ3) is 3.22. The summed E-state index contributed by atoms with van der Waals surface area (Å²) in [4.78, 5) is 11.1. The first kappa shape index (κ1) is 12.4. The SMILES string of the molecule is O=C(O)c1ccc(Br)cc1OC1CCCCC1. The normalized spacial score (nSPS) is 16.8. The van der Waals surface area contributed by atoms with Crippen LogP contribution in [0.5, 0.6) is 5.75 Å². The Bertz CT molecular complexity index is 411. The molecule has 0 aliphatic heterocycles. The van der Waals surface area contributed by atoms with Crippen molar-refractivity contribution in [3.63, 3.8) is 0 Å². The van der Waals surface area contributed by atoms with Crippen LogP contribution in [0.25, 0.3) is 0 Å². The van der Waals surface area contributed by atoms with E-state index in [1.165, 1.54) is 19.3 Å². The van der Waals surface area contributed by atoms with Crippen molar-refractivity contribution in [3.8, 4) is 5.75 Å². The number of ether oxygens (including phenoxy) is 1. The minimum Gasteiger partial charge on any atom is -0.489 e. The molecule has 0 radical (unpaired) electrons. The summed E-state index contributed by atoms with van der Waals surface area (Å²) in [5.41, 5.74) is 0.235. The predicted molar refractivity (Wildman–Crippen MR) is 68.6 cm³/mol. The Labute approximate surface area is 109 Å². The number of hydrogen-bond donors (Lipinski definition) is 1. The highest BCUT2D eigenvalue weighted by Crippen LogP contribution is 2.28.